The Hall–Kier alpha value is 0.330. The van der Waals surface area contributed by atoms with Gasteiger partial charge in [-0.05, 0) is 21.9 Å². The summed E-state index contributed by atoms with van der Waals surface area (Å²) in [5.41, 5.74) is -2.81. The van der Waals surface area contributed by atoms with E-state index >= 15 is 0 Å². The van der Waals surface area contributed by atoms with Crippen LogP contribution in [0.1, 0.15) is 25.7 Å². The van der Waals surface area contributed by atoms with Crippen LogP contribution in [0.3, 0.4) is 0 Å². The summed E-state index contributed by atoms with van der Waals surface area (Å²) in [4.78, 5) is 43.2. The molecule has 134 valence electrons. The van der Waals surface area contributed by atoms with E-state index in [9.17, 15) is 23.9 Å². The maximum Gasteiger partial charge on any atom is 0.702 e. The Balaban J connectivity index is 4.61. The summed E-state index contributed by atoms with van der Waals surface area (Å²) in [5.74, 6) is -2.82. The first-order chi connectivity index (χ1) is 10.4. The van der Waals surface area contributed by atoms with E-state index < -0.39 is 57.5 Å². The summed E-state index contributed by atoms with van der Waals surface area (Å²) >= 11 is 0. The number of rotatable bonds is 12. The molecule has 5 unspecified atom stereocenters. The molecule has 0 aromatic heterocycles. The van der Waals surface area contributed by atoms with Crippen LogP contribution in [0.15, 0.2) is 0 Å². The van der Waals surface area contributed by atoms with Crippen LogP contribution in [0.25, 0.3) is 0 Å². The average Bonchev–Trinajstić information content (AvgIpc) is 2.31. The van der Waals surface area contributed by atoms with Gasteiger partial charge in [-0.3, -0.25) is 4.52 Å². The lowest BCUT2D eigenvalue weighted by atomic mass is 10.1. The highest BCUT2D eigenvalue weighted by Gasteiger charge is 2.56. The van der Waals surface area contributed by atoms with Crippen LogP contribution in [0.5, 0.6) is 0 Å². The molecule has 17 heteroatoms. The van der Waals surface area contributed by atoms with Crippen molar-refractivity contribution in [1.82, 2.24) is 0 Å². The SMILES string of the molecule is O=[P+](O)OC(O)(CCCCC(O)(O[P+](=O)O)[P+](=O)O)OP(O)O. The first-order valence-electron chi connectivity index (χ1n) is 5.59. The van der Waals surface area contributed by atoms with Gasteiger partial charge < -0.3 is 20.0 Å². The smallest absolute Gasteiger partial charge is 0.340 e. The van der Waals surface area contributed by atoms with E-state index in [2.05, 4.69) is 13.6 Å². The Morgan fingerprint density at radius 3 is 1.74 bits per heavy atom. The van der Waals surface area contributed by atoms with Crippen molar-refractivity contribution >= 4 is 33.1 Å². The van der Waals surface area contributed by atoms with E-state index in [4.69, 9.17) is 24.5 Å². The molecule has 0 heterocycles. The summed E-state index contributed by atoms with van der Waals surface area (Å²) in [7, 11) is -13.3. The van der Waals surface area contributed by atoms with Crippen LogP contribution in [0.2, 0.25) is 0 Å². The topological polar surface area (TPSA) is 221 Å². The van der Waals surface area contributed by atoms with Crippen molar-refractivity contribution in [3.8, 4) is 0 Å². The van der Waals surface area contributed by atoms with Crippen LogP contribution in [0.4, 0.5) is 0 Å². The second-order valence-corrected chi connectivity index (χ2v) is 7.19. The summed E-state index contributed by atoms with van der Waals surface area (Å²) in [5, 5.41) is 19.2. The van der Waals surface area contributed by atoms with Gasteiger partial charge in [-0.15, -0.1) is 9.79 Å². The van der Waals surface area contributed by atoms with E-state index in [1.807, 2.05) is 0 Å². The number of aliphatic hydroxyl groups is 2. The van der Waals surface area contributed by atoms with Crippen molar-refractivity contribution in [2.45, 2.75) is 37.2 Å². The molecule has 13 nitrogen and oxygen atoms in total. The van der Waals surface area contributed by atoms with Crippen LogP contribution in [-0.4, -0.2) is 46.2 Å². The lowest BCUT2D eigenvalue weighted by molar-refractivity contribution is -0.280. The van der Waals surface area contributed by atoms with Gasteiger partial charge in [0.2, 0.25) is 0 Å². The quantitative estimate of drug-likeness (QED) is 0.127. The fourth-order valence-electron chi connectivity index (χ4n) is 1.36. The second-order valence-electron chi connectivity index (χ2n) is 3.94. The maximum absolute atomic E-state index is 10.9. The van der Waals surface area contributed by atoms with Crippen molar-refractivity contribution < 1.29 is 61.9 Å². The van der Waals surface area contributed by atoms with E-state index in [0.29, 0.717) is 0 Å². The standard InChI is InChI=1S/C6H12O13P4/c7-5(17-21(11)12,18-22(13)14)3-1-2-4-6(8,20(9)10)19-23(15)16/h7-8,11-12H,1-4H2/p+3. The predicted octanol–water partition coefficient (Wildman–Crippen LogP) is 0.134. The average molecular weight is 419 g/mol. The number of hydrogen-bond donors (Lipinski definition) is 7. The second kappa shape index (κ2) is 10.4. The van der Waals surface area contributed by atoms with Crippen molar-refractivity contribution in [1.29, 1.82) is 0 Å². The molecule has 0 spiro atoms. The minimum Gasteiger partial charge on any atom is -0.340 e. The van der Waals surface area contributed by atoms with Crippen LogP contribution in [-0.2, 0) is 27.3 Å². The Kier molecular flexibility index (Phi) is 10.5. The van der Waals surface area contributed by atoms with Gasteiger partial charge in [-0.1, -0.05) is 4.52 Å². The molecule has 5 atom stereocenters. The molecule has 7 N–H and O–H groups in total. The fraction of sp³-hybridized carbons (Fsp3) is 1.00. The van der Waals surface area contributed by atoms with E-state index in [0.717, 1.165) is 0 Å². The molecule has 23 heavy (non-hydrogen) atoms. The summed E-state index contributed by atoms with van der Waals surface area (Å²) in [6.07, 6.45) is -1.61. The van der Waals surface area contributed by atoms with Crippen LogP contribution < -0.4 is 0 Å². The van der Waals surface area contributed by atoms with Gasteiger partial charge in [0.25, 0.3) is 0 Å². The van der Waals surface area contributed by atoms with Gasteiger partial charge in [0.1, 0.15) is 0 Å². The largest absolute Gasteiger partial charge is 0.702 e. The fourth-order valence-corrected chi connectivity index (χ4v) is 3.36. The van der Waals surface area contributed by atoms with Gasteiger partial charge >= 0.3 is 44.6 Å². The Bertz CT molecular complexity index is 444. The Labute approximate surface area is 133 Å². The first kappa shape index (κ1) is 23.3. The molecule has 0 aromatic rings. The van der Waals surface area contributed by atoms with Gasteiger partial charge in [-0.25, -0.2) is 0 Å². The highest BCUT2D eigenvalue weighted by atomic mass is 31.2. The molecule has 0 radical (unpaired) electrons. The molecule has 0 rings (SSSR count). The third kappa shape index (κ3) is 10.0. The third-order valence-electron chi connectivity index (χ3n) is 2.21. The summed E-state index contributed by atoms with van der Waals surface area (Å²) < 4.78 is 44.3. The molecule has 0 aliphatic rings. The van der Waals surface area contributed by atoms with Crippen molar-refractivity contribution in [2.24, 2.45) is 0 Å². The van der Waals surface area contributed by atoms with E-state index in [1.54, 1.807) is 0 Å². The van der Waals surface area contributed by atoms with Crippen LogP contribution in [0, 0.1) is 0 Å². The Morgan fingerprint density at radius 1 is 0.870 bits per heavy atom. The van der Waals surface area contributed by atoms with Crippen molar-refractivity contribution in [2.75, 3.05) is 0 Å². The summed E-state index contributed by atoms with van der Waals surface area (Å²) in [6, 6.07) is 0. The number of hydrogen-bond acceptors (Lipinski definition) is 10. The highest BCUT2D eigenvalue weighted by Crippen LogP contribution is 2.44. The monoisotopic (exact) mass is 419 g/mol. The zero-order valence-corrected chi connectivity index (χ0v) is 14.8. The predicted molar refractivity (Wildman–Crippen MR) is 72.5 cm³/mol. The Morgan fingerprint density at radius 2 is 1.35 bits per heavy atom. The first-order valence-corrected chi connectivity index (χ1v) is 10.2. The lowest BCUT2D eigenvalue weighted by Crippen LogP contribution is -2.32. The maximum atomic E-state index is 10.9. The molecular weight excluding hydrogens is 404 g/mol. The van der Waals surface area contributed by atoms with Crippen molar-refractivity contribution in [3.63, 3.8) is 0 Å². The zero-order chi connectivity index (χ0) is 18.3. The molecule has 0 aliphatic carbocycles. The van der Waals surface area contributed by atoms with Crippen LogP contribution >= 0.6 is 33.1 Å². The third-order valence-corrected chi connectivity index (χ3v) is 4.62. The zero-order valence-electron chi connectivity index (χ0n) is 11.2. The molecule has 0 aliphatic heterocycles. The van der Waals surface area contributed by atoms with Gasteiger partial charge in [0.15, 0.2) is 0 Å². The van der Waals surface area contributed by atoms with E-state index in [-0.39, 0.29) is 12.8 Å². The van der Waals surface area contributed by atoms with Gasteiger partial charge in [-0.2, -0.15) is 4.89 Å². The molecule has 0 saturated heterocycles. The lowest BCUT2D eigenvalue weighted by Gasteiger charge is -2.21. The number of unbranched alkanes of at least 4 members (excludes halogenated alkanes) is 1. The molecule has 0 saturated carbocycles. The van der Waals surface area contributed by atoms with Gasteiger partial charge in [0.05, 0.1) is 6.42 Å². The van der Waals surface area contributed by atoms with Crippen molar-refractivity contribution in [3.05, 3.63) is 0 Å². The summed E-state index contributed by atoms with van der Waals surface area (Å²) in [6.45, 7) is 0. The minimum atomic E-state index is -3.40. The van der Waals surface area contributed by atoms with E-state index in [1.165, 1.54) is 0 Å². The highest BCUT2D eigenvalue weighted by molar-refractivity contribution is 7.41. The minimum absolute atomic E-state index is 0.195. The van der Waals surface area contributed by atoms with Gasteiger partial charge in [0, 0.05) is 15.6 Å². The molecule has 0 amide bonds. The molecular formula is C6H15O13P4+3. The normalized spacial score (nSPS) is 19.0. The molecule has 0 fully saturated rings. The molecule has 0 aromatic carbocycles. The molecule has 0 bridgehead atoms.